The molecule has 2 unspecified atom stereocenters. The SMILES string of the molecule is CCOC(=O)CC(NC(=O)C(C)C1CNC1)c1ccc(Br)cc1.Cl. The molecule has 0 spiro atoms. The van der Waals surface area contributed by atoms with Gasteiger partial charge in [0.25, 0.3) is 0 Å². The van der Waals surface area contributed by atoms with Gasteiger partial charge in [-0.15, -0.1) is 12.4 Å². The van der Waals surface area contributed by atoms with Gasteiger partial charge in [0.1, 0.15) is 0 Å². The van der Waals surface area contributed by atoms with E-state index in [-0.39, 0.29) is 42.7 Å². The molecule has 0 aliphatic carbocycles. The maximum absolute atomic E-state index is 12.5. The molecule has 0 bridgehead atoms. The van der Waals surface area contributed by atoms with E-state index in [2.05, 4.69) is 26.6 Å². The van der Waals surface area contributed by atoms with E-state index in [9.17, 15) is 9.59 Å². The van der Waals surface area contributed by atoms with Gasteiger partial charge in [-0.05, 0) is 43.6 Å². The van der Waals surface area contributed by atoms with Crippen molar-refractivity contribution in [3.63, 3.8) is 0 Å². The number of benzene rings is 1. The first-order valence-electron chi connectivity index (χ1n) is 7.93. The van der Waals surface area contributed by atoms with Gasteiger partial charge < -0.3 is 15.4 Å². The molecule has 1 aromatic carbocycles. The Morgan fingerprint density at radius 2 is 1.96 bits per heavy atom. The minimum absolute atomic E-state index is 0. The van der Waals surface area contributed by atoms with Crippen LogP contribution in [0.15, 0.2) is 28.7 Å². The van der Waals surface area contributed by atoms with Crippen LogP contribution in [0.1, 0.15) is 31.9 Å². The van der Waals surface area contributed by atoms with Crippen LogP contribution in [0, 0.1) is 11.8 Å². The predicted octanol–water partition coefficient (Wildman–Crippen LogP) is 2.84. The van der Waals surface area contributed by atoms with Crippen LogP contribution in [-0.4, -0.2) is 31.6 Å². The van der Waals surface area contributed by atoms with Gasteiger partial charge in [-0.2, -0.15) is 0 Å². The Bertz CT molecular complexity index is 549. The van der Waals surface area contributed by atoms with Gasteiger partial charge in [0.2, 0.25) is 5.91 Å². The van der Waals surface area contributed by atoms with Gasteiger partial charge in [-0.3, -0.25) is 9.59 Å². The highest BCUT2D eigenvalue weighted by Gasteiger charge is 2.30. The fourth-order valence-corrected chi connectivity index (χ4v) is 2.78. The number of nitrogens with one attached hydrogen (secondary N) is 2. The van der Waals surface area contributed by atoms with Crippen LogP contribution in [0.2, 0.25) is 0 Å². The van der Waals surface area contributed by atoms with Gasteiger partial charge in [-0.25, -0.2) is 0 Å². The van der Waals surface area contributed by atoms with E-state index < -0.39 is 0 Å². The summed E-state index contributed by atoms with van der Waals surface area (Å²) in [6.45, 7) is 5.79. The third-order valence-corrected chi connectivity index (χ3v) is 4.73. The van der Waals surface area contributed by atoms with Crippen LogP contribution in [0.4, 0.5) is 0 Å². The Hall–Kier alpha value is -1.11. The molecule has 0 aromatic heterocycles. The molecule has 2 N–H and O–H groups in total. The topological polar surface area (TPSA) is 67.4 Å². The highest BCUT2D eigenvalue weighted by Crippen LogP contribution is 2.23. The number of carbonyl (C=O) groups is 2. The van der Waals surface area contributed by atoms with E-state index >= 15 is 0 Å². The molecule has 134 valence electrons. The molecule has 1 aromatic rings. The fraction of sp³-hybridized carbons (Fsp3) is 0.529. The third-order valence-electron chi connectivity index (χ3n) is 4.20. The normalized spacial score (nSPS) is 16.3. The second-order valence-electron chi connectivity index (χ2n) is 5.83. The fourth-order valence-electron chi connectivity index (χ4n) is 2.52. The molecule has 2 atom stereocenters. The molecule has 0 saturated carbocycles. The van der Waals surface area contributed by atoms with Crippen molar-refractivity contribution in [2.75, 3.05) is 19.7 Å². The first-order valence-corrected chi connectivity index (χ1v) is 8.72. The first kappa shape index (κ1) is 20.9. The van der Waals surface area contributed by atoms with E-state index in [1.165, 1.54) is 0 Å². The lowest BCUT2D eigenvalue weighted by atomic mass is 9.88. The number of carbonyl (C=O) groups excluding carboxylic acids is 2. The van der Waals surface area contributed by atoms with Crippen molar-refractivity contribution in [1.82, 2.24) is 10.6 Å². The Kier molecular flexibility index (Phi) is 8.73. The zero-order valence-corrected chi connectivity index (χ0v) is 16.3. The Morgan fingerprint density at radius 3 is 2.46 bits per heavy atom. The van der Waals surface area contributed by atoms with Crippen LogP contribution in [0.5, 0.6) is 0 Å². The molecule has 5 nitrogen and oxygen atoms in total. The highest BCUT2D eigenvalue weighted by atomic mass is 79.9. The van der Waals surface area contributed by atoms with Gasteiger partial charge >= 0.3 is 5.97 Å². The Labute approximate surface area is 157 Å². The van der Waals surface area contributed by atoms with Crippen LogP contribution >= 0.6 is 28.3 Å². The number of rotatable bonds is 7. The Morgan fingerprint density at radius 1 is 1.33 bits per heavy atom. The minimum Gasteiger partial charge on any atom is -0.466 e. The summed E-state index contributed by atoms with van der Waals surface area (Å²) in [5.74, 6) is -0.0352. The molecule has 7 heteroatoms. The highest BCUT2D eigenvalue weighted by molar-refractivity contribution is 9.10. The zero-order chi connectivity index (χ0) is 16.8. The van der Waals surface area contributed by atoms with Crippen LogP contribution in [0.25, 0.3) is 0 Å². The average molecular weight is 420 g/mol. The second kappa shape index (κ2) is 10.0. The van der Waals surface area contributed by atoms with E-state index in [1.807, 2.05) is 31.2 Å². The van der Waals surface area contributed by atoms with Crippen molar-refractivity contribution in [3.8, 4) is 0 Å². The summed E-state index contributed by atoms with van der Waals surface area (Å²) in [7, 11) is 0. The zero-order valence-electron chi connectivity index (χ0n) is 13.9. The van der Waals surface area contributed by atoms with Crippen LogP contribution in [-0.2, 0) is 14.3 Å². The lowest BCUT2D eigenvalue weighted by molar-refractivity contribution is -0.144. The number of hydrogen-bond donors (Lipinski definition) is 2. The van der Waals surface area contributed by atoms with Gasteiger partial charge in [0.15, 0.2) is 0 Å². The van der Waals surface area contributed by atoms with Crippen molar-refractivity contribution in [1.29, 1.82) is 0 Å². The van der Waals surface area contributed by atoms with E-state index in [0.29, 0.717) is 12.5 Å². The second-order valence-corrected chi connectivity index (χ2v) is 6.74. The number of ether oxygens (including phenoxy) is 1. The molecule has 1 amide bonds. The van der Waals surface area contributed by atoms with Crippen molar-refractivity contribution >= 4 is 40.2 Å². The van der Waals surface area contributed by atoms with E-state index in [4.69, 9.17) is 4.74 Å². The summed E-state index contributed by atoms with van der Waals surface area (Å²) in [6.07, 6.45) is 0.136. The van der Waals surface area contributed by atoms with Crippen molar-refractivity contribution in [3.05, 3.63) is 34.3 Å². The standard InChI is InChI=1S/C17H23BrN2O3.ClH/c1-3-23-16(21)8-15(12-4-6-14(18)7-5-12)20-17(22)11(2)13-9-19-10-13;/h4-7,11,13,15,19H,3,8-10H2,1-2H3,(H,20,22);1H. The van der Waals surface area contributed by atoms with E-state index in [0.717, 1.165) is 23.1 Å². The van der Waals surface area contributed by atoms with Crippen molar-refractivity contribution < 1.29 is 14.3 Å². The molecule has 1 heterocycles. The predicted molar refractivity (Wildman–Crippen MR) is 99.0 cm³/mol. The molecule has 2 rings (SSSR count). The molecule has 1 aliphatic rings. The molecular formula is C17H24BrClN2O3. The summed E-state index contributed by atoms with van der Waals surface area (Å²) in [4.78, 5) is 24.3. The molecular weight excluding hydrogens is 396 g/mol. The quantitative estimate of drug-likeness (QED) is 0.667. The van der Waals surface area contributed by atoms with Crippen LogP contribution < -0.4 is 10.6 Å². The van der Waals surface area contributed by atoms with Gasteiger partial charge in [0.05, 0.1) is 19.1 Å². The largest absolute Gasteiger partial charge is 0.466 e. The maximum Gasteiger partial charge on any atom is 0.308 e. The lowest BCUT2D eigenvalue weighted by Gasteiger charge is -2.32. The minimum atomic E-state index is -0.370. The molecule has 1 fully saturated rings. The molecule has 24 heavy (non-hydrogen) atoms. The monoisotopic (exact) mass is 418 g/mol. The van der Waals surface area contributed by atoms with Gasteiger partial charge in [-0.1, -0.05) is 35.0 Å². The summed E-state index contributed by atoms with van der Waals surface area (Å²) in [5, 5.41) is 6.19. The smallest absolute Gasteiger partial charge is 0.308 e. The molecule has 0 radical (unpaired) electrons. The summed E-state index contributed by atoms with van der Waals surface area (Å²) in [5.41, 5.74) is 0.897. The molecule has 1 aliphatic heterocycles. The Balaban J connectivity index is 0.00000288. The number of esters is 1. The number of hydrogen-bond acceptors (Lipinski definition) is 4. The van der Waals surface area contributed by atoms with Crippen LogP contribution in [0.3, 0.4) is 0 Å². The third kappa shape index (κ3) is 5.76. The van der Waals surface area contributed by atoms with Gasteiger partial charge in [0, 0.05) is 10.4 Å². The average Bonchev–Trinajstić information content (AvgIpc) is 2.45. The number of amides is 1. The van der Waals surface area contributed by atoms with Crippen molar-refractivity contribution in [2.24, 2.45) is 11.8 Å². The molecule has 1 saturated heterocycles. The summed E-state index contributed by atoms with van der Waals surface area (Å²) < 4.78 is 5.98. The summed E-state index contributed by atoms with van der Waals surface area (Å²) in [6, 6.07) is 7.25. The first-order chi connectivity index (χ1) is 11.0. The van der Waals surface area contributed by atoms with E-state index in [1.54, 1.807) is 6.92 Å². The maximum atomic E-state index is 12.5. The number of halogens is 2. The lowest BCUT2D eigenvalue weighted by Crippen LogP contribution is -2.50. The summed E-state index contributed by atoms with van der Waals surface area (Å²) >= 11 is 3.39. The van der Waals surface area contributed by atoms with Crippen molar-refractivity contribution in [2.45, 2.75) is 26.3 Å².